The second-order valence-electron chi connectivity index (χ2n) is 4.35. The van der Waals surface area contributed by atoms with E-state index in [9.17, 15) is 4.79 Å². The molecule has 1 rings (SSSR count). The summed E-state index contributed by atoms with van der Waals surface area (Å²) in [6.07, 6.45) is 6.86. The van der Waals surface area contributed by atoms with Crippen LogP contribution in [-0.4, -0.2) is 30.1 Å². The summed E-state index contributed by atoms with van der Waals surface area (Å²) < 4.78 is 0. The van der Waals surface area contributed by atoms with Crippen LogP contribution in [0.1, 0.15) is 45.4 Å². The molecule has 1 saturated heterocycles. The van der Waals surface area contributed by atoms with Crippen LogP contribution in [0.25, 0.3) is 0 Å². The summed E-state index contributed by atoms with van der Waals surface area (Å²) in [6.45, 7) is 2.15. The quantitative estimate of drug-likeness (QED) is 0.752. The molecule has 0 saturated carbocycles. The summed E-state index contributed by atoms with van der Waals surface area (Å²) >= 11 is 1.88. The molecule has 1 aliphatic rings. The van der Waals surface area contributed by atoms with Gasteiger partial charge in [0.1, 0.15) is 0 Å². The van der Waals surface area contributed by atoms with E-state index in [-0.39, 0.29) is 11.9 Å². The fourth-order valence-corrected chi connectivity index (χ4v) is 3.12. The van der Waals surface area contributed by atoms with E-state index in [1.165, 1.54) is 18.6 Å². The van der Waals surface area contributed by atoms with Gasteiger partial charge in [-0.05, 0) is 38.5 Å². The number of amides is 1. The van der Waals surface area contributed by atoms with Gasteiger partial charge < -0.3 is 10.6 Å². The zero-order valence-electron chi connectivity index (χ0n) is 10.4. The first-order valence-corrected chi connectivity index (χ1v) is 7.42. The average Bonchev–Trinajstić information content (AvgIpc) is 2.31. The second-order valence-corrected chi connectivity index (χ2v) is 5.66. The highest BCUT2D eigenvalue weighted by atomic mass is 32.2. The topological polar surface area (TPSA) is 41.1 Å². The number of hydrogen-bond acceptors (Lipinski definition) is 3. The Hall–Kier alpha value is -0.220. The summed E-state index contributed by atoms with van der Waals surface area (Å²) in [5, 5.41) is 6.59. The SMILES string of the molecule is CCCCC(NC)C(=O)NC1CCCCS1. The van der Waals surface area contributed by atoms with Crippen molar-refractivity contribution < 1.29 is 4.79 Å². The summed E-state index contributed by atoms with van der Waals surface area (Å²) in [7, 11) is 1.87. The molecular formula is C12H24N2OS. The van der Waals surface area contributed by atoms with Crippen molar-refractivity contribution >= 4 is 17.7 Å². The van der Waals surface area contributed by atoms with E-state index in [0.29, 0.717) is 5.37 Å². The van der Waals surface area contributed by atoms with Gasteiger partial charge in [0.25, 0.3) is 0 Å². The van der Waals surface area contributed by atoms with Crippen LogP contribution in [0.2, 0.25) is 0 Å². The lowest BCUT2D eigenvalue weighted by Gasteiger charge is -2.25. The molecule has 3 nitrogen and oxygen atoms in total. The van der Waals surface area contributed by atoms with Crippen molar-refractivity contribution in [3.8, 4) is 0 Å². The number of rotatable bonds is 6. The molecule has 1 heterocycles. The second kappa shape index (κ2) is 7.96. The normalized spacial score (nSPS) is 22.8. The Kier molecular flexibility index (Phi) is 6.88. The van der Waals surface area contributed by atoms with Gasteiger partial charge in [-0.15, -0.1) is 11.8 Å². The van der Waals surface area contributed by atoms with Gasteiger partial charge in [-0.25, -0.2) is 0 Å². The van der Waals surface area contributed by atoms with E-state index in [4.69, 9.17) is 0 Å². The molecule has 2 N–H and O–H groups in total. The van der Waals surface area contributed by atoms with Gasteiger partial charge in [-0.3, -0.25) is 4.79 Å². The minimum atomic E-state index is -0.0116. The lowest BCUT2D eigenvalue weighted by molar-refractivity contribution is -0.123. The van der Waals surface area contributed by atoms with Crippen molar-refractivity contribution in [2.45, 2.75) is 56.9 Å². The van der Waals surface area contributed by atoms with Crippen LogP contribution in [0.5, 0.6) is 0 Å². The smallest absolute Gasteiger partial charge is 0.237 e. The molecule has 1 fully saturated rings. The number of nitrogens with one attached hydrogen (secondary N) is 2. The largest absolute Gasteiger partial charge is 0.343 e. The maximum absolute atomic E-state index is 12.0. The Morgan fingerprint density at radius 3 is 2.88 bits per heavy atom. The molecule has 4 heteroatoms. The lowest BCUT2D eigenvalue weighted by atomic mass is 10.1. The van der Waals surface area contributed by atoms with E-state index >= 15 is 0 Å². The van der Waals surface area contributed by atoms with Crippen molar-refractivity contribution in [1.82, 2.24) is 10.6 Å². The highest BCUT2D eigenvalue weighted by Crippen LogP contribution is 2.22. The molecule has 2 unspecified atom stereocenters. The monoisotopic (exact) mass is 244 g/mol. The summed E-state index contributed by atoms with van der Waals surface area (Å²) in [5.41, 5.74) is 0. The van der Waals surface area contributed by atoms with Gasteiger partial charge in [0.15, 0.2) is 0 Å². The standard InChI is InChI=1S/C12H24N2OS/c1-3-4-7-10(13-2)12(15)14-11-8-5-6-9-16-11/h10-11,13H,3-9H2,1-2H3,(H,14,15). The first-order valence-electron chi connectivity index (χ1n) is 6.37. The van der Waals surface area contributed by atoms with E-state index < -0.39 is 0 Å². The summed E-state index contributed by atoms with van der Waals surface area (Å²) in [5.74, 6) is 1.36. The fourth-order valence-electron chi connectivity index (χ4n) is 1.93. The van der Waals surface area contributed by atoms with Crippen LogP contribution in [-0.2, 0) is 4.79 Å². The molecule has 16 heavy (non-hydrogen) atoms. The minimum Gasteiger partial charge on any atom is -0.343 e. The number of unbranched alkanes of at least 4 members (excludes halogenated alkanes) is 1. The molecule has 0 bridgehead atoms. The van der Waals surface area contributed by atoms with E-state index in [1.807, 2.05) is 18.8 Å². The van der Waals surface area contributed by atoms with E-state index in [1.54, 1.807) is 0 Å². The third-order valence-corrected chi connectivity index (χ3v) is 4.27. The van der Waals surface area contributed by atoms with Crippen LogP contribution in [0.4, 0.5) is 0 Å². The molecule has 1 amide bonds. The van der Waals surface area contributed by atoms with Crippen LogP contribution >= 0.6 is 11.8 Å². The van der Waals surface area contributed by atoms with Gasteiger partial charge in [-0.1, -0.05) is 19.8 Å². The van der Waals surface area contributed by atoms with Gasteiger partial charge in [0.05, 0.1) is 11.4 Å². The third kappa shape index (κ3) is 4.74. The molecule has 0 aromatic rings. The Balaban J connectivity index is 2.29. The Morgan fingerprint density at radius 2 is 2.31 bits per heavy atom. The zero-order valence-corrected chi connectivity index (χ0v) is 11.2. The van der Waals surface area contributed by atoms with Crippen molar-refractivity contribution in [1.29, 1.82) is 0 Å². The number of carbonyl (C=O) groups excluding carboxylic acids is 1. The fraction of sp³-hybridized carbons (Fsp3) is 0.917. The predicted octanol–water partition coefficient (Wildman–Crippen LogP) is 2.12. The molecule has 0 aromatic heterocycles. The third-order valence-electron chi connectivity index (χ3n) is 2.99. The molecule has 0 aromatic carbocycles. The van der Waals surface area contributed by atoms with Crippen LogP contribution in [0.3, 0.4) is 0 Å². The van der Waals surface area contributed by atoms with Gasteiger partial charge in [0.2, 0.25) is 5.91 Å². The van der Waals surface area contributed by atoms with Gasteiger partial charge >= 0.3 is 0 Å². The summed E-state index contributed by atoms with van der Waals surface area (Å²) in [4.78, 5) is 12.0. The van der Waals surface area contributed by atoms with Crippen LogP contribution < -0.4 is 10.6 Å². The Bertz CT molecular complexity index is 205. The zero-order chi connectivity index (χ0) is 11.8. The van der Waals surface area contributed by atoms with E-state index in [0.717, 1.165) is 25.7 Å². The van der Waals surface area contributed by atoms with Gasteiger partial charge in [0, 0.05) is 0 Å². The molecule has 0 radical (unpaired) electrons. The molecule has 1 aliphatic heterocycles. The van der Waals surface area contributed by atoms with Crippen molar-refractivity contribution in [3.05, 3.63) is 0 Å². The Labute approximate surface area is 103 Å². The lowest BCUT2D eigenvalue weighted by Crippen LogP contribution is -2.46. The highest BCUT2D eigenvalue weighted by molar-refractivity contribution is 7.99. The minimum absolute atomic E-state index is 0.0116. The number of likely N-dealkylation sites (N-methyl/N-ethyl adjacent to an activating group) is 1. The Morgan fingerprint density at radius 1 is 1.50 bits per heavy atom. The maximum Gasteiger partial charge on any atom is 0.237 e. The first-order chi connectivity index (χ1) is 7.77. The molecular weight excluding hydrogens is 220 g/mol. The predicted molar refractivity (Wildman–Crippen MR) is 70.6 cm³/mol. The summed E-state index contributed by atoms with van der Waals surface area (Å²) in [6, 6.07) is -0.0116. The molecule has 94 valence electrons. The van der Waals surface area contributed by atoms with Gasteiger partial charge in [-0.2, -0.15) is 0 Å². The van der Waals surface area contributed by atoms with Crippen molar-refractivity contribution in [3.63, 3.8) is 0 Å². The van der Waals surface area contributed by atoms with Crippen LogP contribution in [0.15, 0.2) is 0 Å². The number of carbonyl (C=O) groups is 1. The number of hydrogen-bond donors (Lipinski definition) is 2. The average molecular weight is 244 g/mol. The van der Waals surface area contributed by atoms with Crippen molar-refractivity contribution in [2.75, 3.05) is 12.8 Å². The molecule has 2 atom stereocenters. The van der Waals surface area contributed by atoms with Crippen LogP contribution in [0, 0.1) is 0 Å². The first kappa shape index (κ1) is 13.8. The molecule has 0 aliphatic carbocycles. The van der Waals surface area contributed by atoms with Crippen molar-refractivity contribution in [2.24, 2.45) is 0 Å². The number of thioether (sulfide) groups is 1. The highest BCUT2D eigenvalue weighted by Gasteiger charge is 2.21. The molecule has 0 spiro atoms. The maximum atomic E-state index is 12.0. The van der Waals surface area contributed by atoms with E-state index in [2.05, 4.69) is 17.6 Å².